The van der Waals surface area contributed by atoms with Crippen molar-refractivity contribution in [1.82, 2.24) is 13.7 Å². The first kappa shape index (κ1) is 29.7. The van der Waals surface area contributed by atoms with E-state index in [1.807, 2.05) is 11.3 Å². The van der Waals surface area contributed by atoms with Crippen LogP contribution >= 0.6 is 11.3 Å². The lowest BCUT2D eigenvalue weighted by Crippen LogP contribution is -1.95. The molecule has 0 atom stereocenters. The van der Waals surface area contributed by atoms with E-state index in [1.165, 1.54) is 97.3 Å². The summed E-state index contributed by atoms with van der Waals surface area (Å²) in [7, 11) is 0. The van der Waals surface area contributed by atoms with Crippen LogP contribution in [0.4, 0.5) is 0 Å². The third kappa shape index (κ3) is 4.17. The molecular formula is C50H31N3S. The molecule has 8 aromatic carbocycles. The third-order valence-electron chi connectivity index (χ3n) is 11.3. The summed E-state index contributed by atoms with van der Waals surface area (Å²) < 4.78 is 8.54. The van der Waals surface area contributed by atoms with Gasteiger partial charge in [-0.05, 0) is 90.0 Å². The molecule has 3 nitrogen and oxygen atoms in total. The molecule has 12 aromatic rings. The zero-order valence-electron chi connectivity index (χ0n) is 29.1. The molecule has 4 heterocycles. The van der Waals surface area contributed by atoms with Crippen molar-refractivity contribution in [2.45, 2.75) is 0 Å². The van der Waals surface area contributed by atoms with E-state index >= 15 is 0 Å². The molecule has 4 heteroatoms. The van der Waals surface area contributed by atoms with Gasteiger partial charge in [0, 0.05) is 59.5 Å². The molecule has 0 radical (unpaired) electrons. The van der Waals surface area contributed by atoms with Gasteiger partial charge in [0.25, 0.3) is 0 Å². The zero-order valence-corrected chi connectivity index (χ0v) is 30.0. The first-order valence-electron chi connectivity index (χ1n) is 18.4. The quantitative estimate of drug-likeness (QED) is 0.173. The van der Waals surface area contributed by atoms with Crippen LogP contribution in [0.5, 0.6) is 0 Å². The molecule has 4 aromatic heterocycles. The second-order valence-electron chi connectivity index (χ2n) is 14.2. The number of benzene rings is 8. The Morgan fingerprint density at radius 1 is 0.296 bits per heavy atom. The number of nitrogens with zero attached hydrogens (tertiary/aromatic N) is 3. The summed E-state index contributed by atoms with van der Waals surface area (Å²) in [4.78, 5) is 1.29. The normalized spacial score (nSPS) is 12.1. The summed E-state index contributed by atoms with van der Waals surface area (Å²) in [6.07, 6.45) is 0. The first-order valence-corrected chi connectivity index (χ1v) is 19.3. The molecule has 0 unspecified atom stereocenters. The topological polar surface area (TPSA) is 14.8 Å². The smallest absolute Gasteiger partial charge is 0.109 e. The summed E-state index contributed by atoms with van der Waals surface area (Å²) in [6, 6.07) is 68.8. The minimum Gasteiger partial charge on any atom is -0.309 e. The standard InChI is InChI=1S/C50H31N3S/c1-2-12-34(13-3-1)53-46-21-11-7-17-40(46)49-42-30-33(24-29-48(42)54-50(49)53)32-22-25-35(26-23-32)51-45-20-10-6-16-39(45)41-31-36(27-28-47(41)51)52-43-18-8-4-14-37(43)38-15-5-9-19-44(38)52/h1-31H. The van der Waals surface area contributed by atoms with Crippen molar-refractivity contribution in [2.24, 2.45) is 0 Å². The molecule has 0 aliphatic carbocycles. The summed E-state index contributed by atoms with van der Waals surface area (Å²) >= 11 is 1.87. The number of hydrogen-bond acceptors (Lipinski definition) is 1. The van der Waals surface area contributed by atoms with Crippen LogP contribution in [0, 0.1) is 0 Å². The SMILES string of the molecule is c1ccc(-n2c3ccccc3c3c4cc(-c5ccc(-n6c7ccccc7c7cc(-n8c9ccccc9c9ccccc98)ccc76)cc5)ccc4sc32)cc1. The van der Waals surface area contributed by atoms with Gasteiger partial charge in [-0.2, -0.15) is 0 Å². The summed E-state index contributed by atoms with van der Waals surface area (Å²) in [6.45, 7) is 0. The maximum Gasteiger partial charge on any atom is 0.109 e. The predicted molar refractivity (Wildman–Crippen MR) is 230 cm³/mol. The monoisotopic (exact) mass is 705 g/mol. The minimum atomic E-state index is 1.15. The average Bonchev–Trinajstić information content (AvgIpc) is 3.96. The van der Waals surface area contributed by atoms with E-state index in [0.717, 1.165) is 5.69 Å². The molecule has 0 aliphatic rings. The van der Waals surface area contributed by atoms with Crippen LogP contribution in [0.1, 0.15) is 0 Å². The lowest BCUT2D eigenvalue weighted by Gasteiger charge is -2.11. The van der Waals surface area contributed by atoms with Crippen LogP contribution in [-0.4, -0.2) is 13.7 Å². The fourth-order valence-corrected chi connectivity index (χ4v) is 10.1. The number of para-hydroxylation sites is 5. The number of rotatable bonds is 4. The average molecular weight is 706 g/mol. The van der Waals surface area contributed by atoms with E-state index in [-0.39, 0.29) is 0 Å². The van der Waals surface area contributed by atoms with Crippen LogP contribution in [0.3, 0.4) is 0 Å². The number of aromatic nitrogens is 3. The van der Waals surface area contributed by atoms with Gasteiger partial charge in [-0.25, -0.2) is 0 Å². The highest BCUT2D eigenvalue weighted by molar-refractivity contribution is 7.25. The van der Waals surface area contributed by atoms with Crippen LogP contribution in [0.25, 0.3) is 103 Å². The molecule has 0 saturated carbocycles. The van der Waals surface area contributed by atoms with E-state index in [0.29, 0.717) is 0 Å². The van der Waals surface area contributed by atoms with E-state index < -0.39 is 0 Å². The maximum absolute atomic E-state index is 2.42. The molecule has 0 aliphatic heterocycles. The van der Waals surface area contributed by atoms with Crippen molar-refractivity contribution in [2.75, 3.05) is 0 Å². The Labute approximate surface area is 314 Å². The van der Waals surface area contributed by atoms with E-state index in [9.17, 15) is 0 Å². The molecule has 0 amide bonds. The molecular weight excluding hydrogens is 675 g/mol. The Balaban J connectivity index is 0.987. The molecule has 0 N–H and O–H groups in total. The Bertz CT molecular complexity index is 3380. The van der Waals surface area contributed by atoms with E-state index in [2.05, 4.69) is 202 Å². The fraction of sp³-hybridized carbons (Fsp3) is 0. The van der Waals surface area contributed by atoms with Gasteiger partial charge in [-0.3, -0.25) is 0 Å². The Morgan fingerprint density at radius 2 is 0.778 bits per heavy atom. The second kappa shape index (κ2) is 11.3. The fourth-order valence-electron chi connectivity index (χ4n) is 8.89. The Kier molecular flexibility index (Phi) is 6.21. The van der Waals surface area contributed by atoms with Crippen LogP contribution in [-0.2, 0) is 0 Å². The zero-order chi connectivity index (χ0) is 35.3. The lowest BCUT2D eigenvalue weighted by atomic mass is 10.0. The van der Waals surface area contributed by atoms with Gasteiger partial charge >= 0.3 is 0 Å². The third-order valence-corrected chi connectivity index (χ3v) is 12.4. The largest absolute Gasteiger partial charge is 0.309 e. The van der Waals surface area contributed by atoms with Crippen molar-refractivity contribution >= 4 is 86.2 Å². The number of fused-ring (bicyclic) bond motifs is 11. The van der Waals surface area contributed by atoms with Crippen molar-refractivity contribution in [3.05, 3.63) is 188 Å². The van der Waals surface area contributed by atoms with Crippen molar-refractivity contribution in [1.29, 1.82) is 0 Å². The summed E-state index contributed by atoms with van der Waals surface area (Å²) in [5.41, 5.74) is 12.0. The highest BCUT2D eigenvalue weighted by atomic mass is 32.1. The first-order chi connectivity index (χ1) is 26.8. The second-order valence-corrected chi connectivity index (χ2v) is 15.2. The minimum absolute atomic E-state index is 1.15. The Hall–Kier alpha value is -6.88. The summed E-state index contributed by atoms with van der Waals surface area (Å²) in [5, 5.41) is 8.98. The Morgan fingerprint density at radius 3 is 1.44 bits per heavy atom. The molecule has 12 rings (SSSR count). The number of thiophene rings is 1. The van der Waals surface area contributed by atoms with Gasteiger partial charge < -0.3 is 13.7 Å². The molecule has 54 heavy (non-hydrogen) atoms. The van der Waals surface area contributed by atoms with Gasteiger partial charge in [0.2, 0.25) is 0 Å². The van der Waals surface area contributed by atoms with Gasteiger partial charge in [-0.1, -0.05) is 109 Å². The van der Waals surface area contributed by atoms with Gasteiger partial charge in [0.1, 0.15) is 4.83 Å². The number of hydrogen-bond donors (Lipinski definition) is 0. The lowest BCUT2D eigenvalue weighted by molar-refractivity contribution is 1.17. The van der Waals surface area contributed by atoms with Crippen LogP contribution in [0.15, 0.2) is 188 Å². The van der Waals surface area contributed by atoms with Crippen LogP contribution in [0.2, 0.25) is 0 Å². The van der Waals surface area contributed by atoms with Crippen LogP contribution < -0.4 is 0 Å². The van der Waals surface area contributed by atoms with Crippen molar-refractivity contribution in [3.63, 3.8) is 0 Å². The molecule has 0 spiro atoms. The molecule has 0 saturated heterocycles. The molecule has 252 valence electrons. The van der Waals surface area contributed by atoms with E-state index in [1.54, 1.807) is 0 Å². The van der Waals surface area contributed by atoms with E-state index in [4.69, 9.17) is 0 Å². The highest BCUT2D eigenvalue weighted by Crippen LogP contribution is 2.44. The van der Waals surface area contributed by atoms with Gasteiger partial charge in [-0.15, -0.1) is 11.3 Å². The molecule has 0 bridgehead atoms. The highest BCUT2D eigenvalue weighted by Gasteiger charge is 2.19. The molecule has 0 fully saturated rings. The summed E-state index contributed by atoms with van der Waals surface area (Å²) in [5.74, 6) is 0. The van der Waals surface area contributed by atoms with Gasteiger partial charge in [0.05, 0.1) is 27.6 Å². The maximum atomic E-state index is 2.42. The van der Waals surface area contributed by atoms with Crippen molar-refractivity contribution in [3.8, 4) is 28.2 Å². The van der Waals surface area contributed by atoms with Gasteiger partial charge in [0.15, 0.2) is 0 Å². The predicted octanol–water partition coefficient (Wildman–Crippen LogP) is 13.9. The van der Waals surface area contributed by atoms with Crippen molar-refractivity contribution < 1.29 is 0 Å².